The lowest BCUT2D eigenvalue weighted by Gasteiger charge is -2.07. The van der Waals surface area contributed by atoms with Crippen molar-refractivity contribution in [2.24, 2.45) is 0 Å². The SMILES string of the molecule is CCn1cc(Br)cc1C(=O)NCCSCCCO. The molecular formula is C12H19BrN2O2S. The third-order valence-electron chi connectivity index (χ3n) is 2.42. The number of aliphatic hydroxyl groups excluding tert-OH is 1. The van der Waals surface area contributed by atoms with E-state index in [2.05, 4.69) is 21.2 Å². The molecule has 102 valence electrons. The normalized spacial score (nSPS) is 10.6. The minimum atomic E-state index is -0.0368. The van der Waals surface area contributed by atoms with Gasteiger partial charge in [0.1, 0.15) is 5.69 Å². The molecule has 1 amide bonds. The number of rotatable bonds is 8. The molecule has 0 aliphatic heterocycles. The van der Waals surface area contributed by atoms with E-state index in [0.717, 1.165) is 28.9 Å². The predicted octanol–water partition coefficient (Wildman–Crippen LogP) is 2.12. The third kappa shape index (κ3) is 5.04. The molecule has 1 rings (SSSR count). The van der Waals surface area contributed by atoms with Crippen LogP contribution < -0.4 is 5.32 Å². The van der Waals surface area contributed by atoms with Crippen molar-refractivity contribution >= 4 is 33.6 Å². The van der Waals surface area contributed by atoms with Gasteiger partial charge in [-0.2, -0.15) is 11.8 Å². The van der Waals surface area contributed by atoms with E-state index in [1.165, 1.54) is 0 Å². The lowest BCUT2D eigenvalue weighted by Crippen LogP contribution is -2.27. The molecule has 2 N–H and O–H groups in total. The van der Waals surface area contributed by atoms with Crippen LogP contribution in [0.3, 0.4) is 0 Å². The highest BCUT2D eigenvalue weighted by atomic mass is 79.9. The summed E-state index contributed by atoms with van der Waals surface area (Å²) < 4.78 is 2.84. The number of amides is 1. The van der Waals surface area contributed by atoms with E-state index < -0.39 is 0 Å². The van der Waals surface area contributed by atoms with Crippen LogP contribution in [-0.2, 0) is 6.54 Å². The highest BCUT2D eigenvalue weighted by molar-refractivity contribution is 9.10. The number of nitrogens with zero attached hydrogens (tertiary/aromatic N) is 1. The Morgan fingerprint density at radius 3 is 3.00 bits per heavy atom. The van der Waals surface area contributed by atoms with Gasteiger partial charge >= 0.3 is 0 Å². The standard InChI is InChI=1S/C12H19BrN2O2S/c1-2-15-9-10(13)8-11(15)12(17)14-4-7-18-6-3-5-16/h8-9,16H,2-7H2,1H3,(H,14,17). The molecule has 0 saturated carbocycles. The van der Waals surface area contributed by atoms with Gasteiger partial charge < -0.3 is 15.0 Å². The smallest absolute Gasteiger partial charge is 0.267 e. The number of aliphatic hydroxyl groups is 1. The van der Waals surface area contributed by atoms with E-state index in [9.17, 15) is 4.79 Å². The van der Waals surface area contributed by atoms with Crippen molar-refractivity contribution in [1.29, 1.82) is 0 Å². The minimum Gasteiger partial charge on any atom is -0.396 e. The summed E-state index contributed by atoms with van der Waals surface area (Å²) in [7, 11) is 0. The number of halogens is 1. The van der Waals surface area contributed by atoms with Crippen molar-refractivity contribution in [3.8, 4) is 0 Å². The van der Waals surface area contributed by atoms with Gasteiger partial charge in [0.15, 0.2) is 0 Å². The van der Waals surface area contributed by atoms with Crippen molar-refractivity contribution in [3.63, 3.8) is 0 Å². The summed E-state index contributed by atoms with van der Waals surface area (Å²) in [6.45, 7) is 3.67. The first-order valence-corrected chi connectivity index (χ1v) is 7.96. The van der Waals surface area contributed by atoms with Crippen molar-refractivity contribution < 1.29 is 9.90 Å². The van der Waals surface area contributed by atoms with Gasteiger partial charge in [-0.1, -0.05) is 0 Å². The Morgan fingerprint density at radius 1 is 1.56 bits per heavy atom. The average Bonchev–Trinajstić information content (AvgIpc) is 2.74. The van der Waals surface area contributed by atoms with Crippen LogP contribution in [0.25, 0.3) is 0 Å². The van der Waals surface area contributed by atoms with Gasteiger partial charge in [0.05, 0.1) is 0 Å². The molecular weight excluding hydrogens is 316 g/mol. The predicted molar refractivity (Wildman–Crippen MR) is 79.2 cm³/mol. The summed E-state index contributed by atoms with van der Waals surface area (Å²) >= 11 is 5.11. The fraction of sp³-hybridized carbons (Fsp3) is 0.583. The summed E-state index contributed by atoms with van der Waals surface area (Å²) in [5.41, 5.74) is 0.685. The summed E-state index contributed by atoms with van der Waals surface area (Å²) in [6, 6.07) is 1.83. The van der Waals surface area contributed by atoms with Crippen LogP contribution in [0.1, 0.15) is 23.8 Å². The van der Waals surface area contributed by atoms with Crippen molar-refractivity contribution in [2.75, 3.05) is 24.7 Å². The molecule has 0 radical (unpaired) electrons. The molecule has 0 spiro atoms. The molecule has 1 heterocycles. The number of aryl methyl sites for hydroxylation is 1. The molecule has 0 fully saturated rings. The van der Waals surface area contributed by atoms with Crippen molar-refractivity contribution in [1.82, 2.24) is 9.88 Å². The summed E-state index contributed by atoms with van der Waals surface area (Å²) in [6.07, 6.45) is 2.72. The Morgan fingerprint density at radius 2 is 2.33 bits per heavy atom. The molecule has 0 saturated heterocycles. The van der Waals surface area contributed by atoms with Crippen LogP contribution >= 0.6 is 27.7 Å². The molecule has 6 heteroatoms. The molecule has 1 aromatic rings. The van der Waals surface area contributed by atoms with Crippen LogP contribution in [0.4, 0.5) is 0 Å². The van der Waals surface area contributed by atoms with Crippen LogP contribution in [-0.4, -0.2) is 40.2 Å². The molecule has 1 aromatic heterocycles. The topological polar surface area (TPSA) is 54.3 Å². The van der Waals surface area contributed by atoms with E-state index in [1.54, 1.807) is 11.8 Å². The zero-order valence-electron chi connectivity index (χ0n) is 10.5. The number of thioether (sulfide) groups is 1. The maximum atomic E-state index is 11.9. The van der Waals surface area contributed by atoms with E-state index in [1.807, 2.05) is 23.8 Å². The number of carbonyl (C=O) groups excluding carboxylic acids is 1. The zero-order chi connectivity index (χ0) is 13.4. The fourth-order valence-electron chi connectivity index (χ4n) is 1.52. The summed E-state index contributed by atoms with van der Waals surface area (Å²) in [5, 5.41) is 11.5. The van der Waals surface area contributed by atoms with Crippen molar-refractivity contribution in [3.05, 3.63) is 22.4 Å². The van der Waals surface area contributed by atoms with Crippen LogP contribution in [0.15, 0.2) is 16.7 Å². The van der Waals surface area contributed by atoms with E-state index in [0.29, 0.717) is 12.2 Å². The second-order valence-electron chi connectivity index (χ2n) is 3.78. The minimum absolute atomic E-state index is 0.0368. The quantitative estimate of drug-likeness (QED) is 0.716. The van der Waals surface area contributed by atoms with Gasteiger partial charge in [-0.15, -0.1) is 0 Å². The highest BCUT2D eigenvalue weighted by Crippen LogP contribution is 2.14. The monoisotopic (exact) mass is 334 g/mol. The Kier molecular flexibility index (Phi) is 7.46. The number of hydrogen-bond donors (Lipinski definition) is 2. The fourth-order valence-corrected chi connectivity index (χ4v) is 2.77. The highest BCUT2D eigenvalue weighted by Gasteiger charge is 2.11. The molecule has 0 unspecified atom stereocenters. The van der Waals surface area contributed by atoms with Crippen LogP contribution in [0, 0.1) is 0 Å². The Bertz CT molecular complexity index is 382. The zero-order valence-corrected chi connectivity index (χ0v) is 12.9. The Hall–Kier alpha value is -0.460. The van der Waals surface area contributed by atoms with E-state index >= 15 is 0 Å². The molecule has 0 aromatic carbocycles. The first kappa shape index (κ1) is 15.6. The molecule has 0 aliphatic rings. The number of nitrogens with one attached hydrogen (secondary N) is 1. The van der Waals surface area contributed by atoms with Gasteiger partial charge in [0.25, 0.3) is 5.91 Å². The van der Waals surface area contributed by atoms with Gasteiger partial charge in [-0.3, -0.25) is 4.79 Å². The number of hydrogen-bond acceptors (Lipinski definition) is 3. The van der Waals surface area contributed by atoms with Gasteiger partial charge in [0.2, 0.25) is 0 Å². The first-order valence-electron chi connectivity index (χ1n) is 6.01. The molecule has 0 bridgehead atoms. The Balaban J connectivity index is 2.32. The van der Waals surface area contributed by atoms with E-state index in [4.69, 9.17) is 5.11 Å². The van der Waals surface area contributed by atoms with Crippen LogP contribution in [0.5, 0.6) is 0 Å². The lowest BCUT2D eigenvalue weighted by atomic mass is 10.4. The molecule has 4 nitrogen and oxygen atoms in total. The van der Waals surface area contributed by atoms with Gasteiger partial charge in [0, 0.05) is 36.1 Å². The average molecular weight is 335 g/mol. The third-order valence-corrected chi connectivity index (χ3v) is 3.92. The molecule has 0 atom stereocenters. The van der Waals surface area contributed by atoms with Crippen LogP contribution in [0.2, 0.25) is 0 Å². The number of carbonyl (C=O) groups is 1. The summed E-state index contributed by atoms with van der Waals surface area (Å²) in [4.78, 5) is 11.9. The molecule has 0 aliphatic carbocycles. The van der Waals surface area contributed by atoms with E-state index in [-0.39, 0.29) is 12.5 Å². The number of aromatic nitrogens is 1. The van der Waals surface area contributed by atoms with Gasteiger partial charge in [-0.05, 0) is 41.1 Å². The molecule has 18 heavy (non-hydrogen) atoms. The van der Waals surface area contributed by atoms with Crippen molar-refractivity contribution in [2.45, 2.75) is 19.9 Å². The summed E-state index contributed by atoms with van der Waals surface area (Å²) in [5.74, 6) is 1.77. The maximum absolute atomic E-state index is 11.9. The second kappa shape index (κ2) is 8.61. The first-order chi connectivity index (χ1) is 8.69. The Labute approximate surface area is 120 Å². The maximum Gasteiger partial charge on any atom is 0.267 e. The second-order valence-corrected chi connectivity index (χ2v) is 5.92. The lowest BCUT2D eigenvalue weighted by molar-refractivity contribution is 0.0947. The van der Waals surface area contributed by atoms with Gasteiger partial charge in [-0.25, -0.2) is 0 Å². The largest absolute Gasteiger partial charge is 0.396 e.